The van der Waals surface area contributed by atoms with E-state index in [0.29, 0.717) is 11.3 Å². The molecule has 0 spiro atoms. The number of halogens is 1. The Morgan fingerprint density at radius 2 is 2.00 bits per heavy atom. The summed E-state index contributed by atoms with van der Waals surface area (Å²) in [5.74, 6) is 0.659. The van der Waals surface area contributed by atoms with Crippen LogP contribution in [0.2, 0.25) is 0 Å². The van der Waals surface area contributed by atoms with Crippen LogP contribution in [0.1, 0.15) is 38.2 Å². The molecule has 0 amide bonds. The summed E-state index contributed by atoms with van der Waals surface area (Å²) >= 11 is 3.68. The first-order valence-electron chi connectivity index (χ1n) is 6.92. The normalized spacial score (nSPS) is 19.2. The van der Waals surface area contributed by atoms with Gasteiger partial charge in [0.15, 0.2) is 0 Å². The van der Waals surface area contributed by atoms with Crippen LogP contribution in [0.25, 0.3) is 0 Å². The Hall–Kier alpha value is -0.340. The van der Waals surface area contributed by atoms with Gasteiger partial charge >= 0.3 is 0 Å². The molecule has 0 heterocycles. The number of hydrogen-bond acceptors (Lipinski definition) is 1. The van der Waals surface area contributed by atoms with Crippen molar-refractivity contribution < 1.29 is 4.74 Å². The van der Waals surface area contributed by atoms with Crippen LogP contribution < -0.4 is 0 Å². The smallest absolute Gasteiger partial charge is 0.0717 e. The summed E-state index contributed by atoms with van der Waals surface area (Å²) in [6.45, 7) is 3.93. The van der Waals surface area contributed by atoms with Crippen molar-refractivity contribution in [3.8, 4) is 0 Å². The maximum atomic E-state index is 5.83. The molecular formula is C16H23BrO. The van der Waals surface area contributed by atoms with Gasteiger partial charge in [0.25, 0.3) is 0 Å². The quantitative estimate of drug-likeness (QED) is 0.658. The van der Waals surface area contributed by atoms with Gasteiger partial charge in [-0.25, -0.2) is 0 Å². The highest BCUT2D eigenvalue weighted by Crippen LogP contribution is 2.47. The minimum atomic E-state index is 0.579. The average Bonchev–Trinajstić information content (AvgIpc) is 2.35. The molecule has 0 aromatic heterocycles. The topological polar surface area (TPSA) is 9.23 Å². The van der Waals surface area contributed by atoms with Gasteiger partial charge in [-0.05, 0) is 36.2 Å². The van der Waals surface area contributed by atoms with E-state index >= 15 is 0 Å². The Morgan fingerprint density at radius 1 is 1.28 bits per heavy atom. The van der Waals surface area contributed by atoms with Gasteiger partial charge in [-0.1, -0.05) is 59.6 Å². The van der Waals surface area contributed by atoms with Gasteiger partial charge in [0.1, 0.15) is 0 Å². The van der Waals surface area contributed by atoms with Gasteiger partial charge in [-0.2, -0.15) is 0 Å². The molecule has 1 atom stereocenters. The largest absolute Gasteiger partial charge is 0.376 e. The SMILES string of the molecule is CC(COCc1ccccc1)CC1(CBr)CCC1. The molecule has 0 bridgehead atoms. The predicted octanol–water partition coefficient (Wildman–Crippen LogP) is 4.79. The third-order valence-corrected chi connectivity index (χ3v) is 5.18. The zero-order valence-corrected chi connectivity index (χ0v) is 12.8. The molecule has 1 aliphatic carbocycles. The lowest BCUT2D eigenvalue weighted by Gasteiger charge is -2.42. The Bertz CT molecular complexity index is 340. The predicted molar refractivity (Wildman–Crippen MR) is 80.0 cm³/mol. The number of ether oxygens (including phenoxy) is 1. The first-order chi connectivity index (χ1) is 8.74. The van der Waals surface area contributed by atoms with Crippen molar-refractivity contribution in [2.75, 3.05) is 11.9 Å². The van der Waals surface area contributed by atoms with Crippen LogP contribution in [0.4, 0.5) is 0 Å². The van der Waals surface area contributed by atoms with Crippen molar-refractivity contribution in [1.29, 1.82) is 0 Å². The van der Waals surface area contributed by atoms with E-state index in [1.807, 2.05) is 6.07 Å². The van der Waals surface area contributed by atoms with Crippen molar-refractivity contribution >= 4 is 15.9 Å². The monoisotopic (exact) mass is 310 g/mol. The van der Waals surface area contributed by atoms with Gasteiger partial charge in [-0.15, -0.1) is 0 Å². The number of hydrogen-bond donors (Lipinski definition) is 0. The Morgan fingerprint density at radius 3 is 2.56 bits per heavy atom. The average molecular weight is 311 g/mol. The number of alkyl halides is 1. The molecule has 1 unspecified atom stereocenters. The van der Waals surface area contributed by atoms with Gasteiger partial charge in [-0.3, -0.25) is 0 Å². The second-order valence-electron chi connectivity index (χ2n) is 5.80. The number of benzene rings is 1. The molecule has 2 rings (SSSR count). The van der Waals surface area contributed by atoms with Crippen LogP contribution in [-0.2, 0) is 11.3 Å². The van der Waals surface area contributed by atoms with Crippen molar-refractivity contribution in [1.82, 2.24) is 0 Å². The van der Waals surface area contributed by atoms with E-state index in [-0.39, 0.29) is 0 Å². The van der Waals surface area contributed by atoms with Crippen LogP contribution in [-0.4, -0.2) is 11.9 Å². The van der Waals surface area contributed by atoms with Crippen LogP contribution in [0, 0.1) is 11.3 Å². The maximum absolute atomic E-state index is 5.83. The zero-order valence-electron chi connectivity index (χ0n) is 11.2. The first kappa shape index (κ1) is 14.1. The molecule has 1 nitrogen and oxygen atoms in total. The Balaban J connectivity index is 1.67. The van der Waals surface area contributed by atoms with E-state index in [0.717, 1.165) is 18.5 Å². The molecule has 100 valence electrons. The van der Waals surface area contributed by atoms with E-state index in [9.17, 15) is 0 Å². The van der Waals surface area contributed by atoms with E-state index < -0.39 is 0 Å². The molecule has 1 fully saturated rings. The molecule has 0 N–H and O–H groups in total. The summed E-state index contributed by atoms with van der Waals surface area (Å²) in [6.07, 6.45) is 5.48. The van der Waals surface area contributed by atoms with Crippen molar-refractivity contribution in [3.63, 3.8) is 0 Å². The van der Waals surface area contributed by atoms with Crippen molar-refractivity contribution in [3.05, 3.63) is 35.9 Å². The second-order valence-corrected chi connectivity index (χ2v) is 6.36. The fourth-order valence-corrected chi connectivity index (χ4v) is 3.61. The molecule has 1 aliphatic rings. The fraction of sp³-hybridized carbons (Fsp3) is 0.625. The first-order valence-corrected chi connectivity index (χ1v) is 8.04. The van der Waals surface area contributed by atoms with E-state index in [2.05, 4.69) is 47.1 Å². The minimum Gasteiger partial charge on any atom is -0.376 e. The van der Waals surface area contributed by atoms with Gasteiger partial charge in [0, 0.05) is 11.9 Å². The lowest BCUT2D eigenvalue weighted by molar-refractivity contribution is 0.0536. The fourth-order valence-electron chi connectivity index (χ4n) is 2.82. The molecular weight excluding hydrogens is 288 g/mol. The van der Waals surface area contributed by atoms with Gasteiger partial charge in [0.2, 0.25) is 0 Å². The Kier molecular flexibility index (Phi) is 5.25. The van der Waals surface area contributed by atoms with Gasteiger partial charge < -0.3 is 4.74 Å². The van der Waals surface area contributed by atoms with E-state index in [1.54, 1.807) is 0 Å². The third-order valence-electron chi connectivity index (χ3n) is 3.99. The molecule has 2 heteroatoms. The second kappa shape index (κ2) is 6.72. The highest BCUT2D eigenvalue weighted by Gasteiger charge is 2.36. The number of rotatable bonds is 7. The van der Waals surface area contributed by atoms with Crippen LogP contribution in [0.15, 0.2) is 30.3 Å². The van der Waals surface area contributed by atoms with Crippen LogP contribution in [0.5, 0.6) is 0 Å². The third kappa shape index (κ3) is 3.83. The molecule has 1 saturated carbocycles. The van der Waals surface area contributed by atoms with E-state index in [1.165, 1.54) is 31.2 Å². The maximum Gasteiger partial charge on any atom is 0.0717 e. The zero-order chi connectivity index (χ0) is 12.8. The highest BCUT2D eigenvalue weighted by molar-refractivity contribution is 9.09. The summed E-state index contributed by atoms with van der Waals surface area (Å²) in [4.78, 5) is 0. The summed E-state index contributed by atoms with van der Waals surface area (Å²) in [7, 11) is 0. The molecule has 18 heavy (non-hydrogen) atoms. The summed E-state index contributed by atoms with van der Waals surface area (Å²) < 4.78 is 5.83. The Labute approximate surface area is 119 Å². The summed E-state index contributed by atoms with van der Waals surface area (Å²) in [6, 6.07) is 10.4. The standard InChI is InChI=1S/C16H23BrO/c1-14(10-16(13-17)8-5-9-16)11-18-12-15-6-3-2-4-7-15/h2-4,6-7,14H,5,8-13H2,1H3. The van der Waals surface area contributed by atoms with Gasteiger partial charge in [0.05, 0.1) is 6.61 Å². The molecule has 1 aromatic rings. The molecule has 0 saturated heterocycles. The van der Waals surface area contributed by atoms with Crippen molar-refractivity contribution in [2.24, 2.45) is 11.3 Å². The molecule has 0 aliphatic heterocycles. The minimum absolute atomic E-state index is 0.579. The summed E-state index contributed by atoms with van der Waals surface area (Å²) in [5.41, 5.74) is 1.85. The highest BCUT2D eigenvalue weighted by atomic mass is 79.9. The van der Waals surface area contributed by atoms with Crippen LogP contribution in [0.3, 0.4) is 0 Å². The molecule has 0 radical (unpaired) electrons. The lowest BCUT2D eigenvalue weighted by atomic mass is 9.66. The van der Waals surface area contributed by atoms with E-state index in [4.69, 9.17) is 4.74 Å². The lowest BCUT2D eigenvalue weighted by Crippen LogP contribution is -2.33. The van der Waals surface area contributed by atoms with Crippen molar-refractivity contribution in [2.45, 2.75) is 39.2 Å². The van der Waals surface area contributed by atoms with Crippen LogP contribution >= 0.6 is 15.9 Å². The molecule has 1 aromatic carbocycles. The summed E-state index contributed by atoms with van der Waals surface area (Å²) in [5, 5.41) is 1.16.